The zero-order valence-electron chi connectivity index (χ0n) is 9.08. The van der Waals surface area contributed by atoms with Crippen LogP contribution < -0.4 is 0 Å². The van der Waals surface area contributed by atoms with Crippen molar-refractivity contribution < 1.29 is 4.79 Å². The molecule has 0 bridgehead atoms. The number of nitrogens with zero attached hydrogens (tertiary/aromatic N) is 1. The highest BCUT2D eigenvalue weighted by atomic mass is 35.5. The molecule has 0 spiro atoms. The van der Waals surface area contributed by atoms with Crippen LogP contribution in [0.15, 0.2) is 36.7 Å². The van der Waals surface area contributed by atoms with E-state index in [0.29, 0.717) is 15.6 Å². The van der Waals surface area contributed by atoms with E-state index in [1.165, 1.54) is 13.1 Å². The Morgan fingerprint density at radius 1 is 1.24 bits per heavy atom. The lowest BCUT2D eigenvalue weighted by Gasteiger charge is -2.06. The van der Waals surface area contributed by atoms with Crippen molar-refractivity contribution >= 4 is 29.0 Å². The molecule has 0 atom stereocenters. The fraction of sp³-hybridized carbons (Fsp3) is 0.0769. The quantitative estimate of drug-likeness (QED) is 0.760. The van der Waals surface area contributed by atoms with E-state index in [1.54, 1.807) is 18.3 Å². The van der Waals surface area contributed by atoms with Gasteiger partial charge in [-0.2, -0.15) is 0 Å². The number of halogens is 2. The summed E-state index contributed by atoms with van der Waals surface area (Å²) in [7, 11) is 0. The standard InChI is InChI=1S/C13H9Cl2NO/c1-8(17)9-5-10(7-16-6-9)11-3-2-4-12(14)13(11)15/h2-7H,1H3. The summed E-state index contributed by atoms with van der Waals surface area (Å²) in [4.78, 5) is 15.3. The van der Waals surface area contributed by atoms with Crippen LogP contribution in [0.1, 0.15) is 17.3 Å². The van der Waals surface area contributed by atoms with Gasteiger partial charge >= 0.3 is 0 Å². The first-order valence-corrected chi connectivity index (χ1v) is 5.75. The van der Waals surface area contributed by atoms with Gasteiger partial charge in [0.15, 0.2) is 5.78 Å². The van der Waals surface area contributed by atoms with Crippen molar-refractivity contribution in [1.29, 1.82) is 0 Å². The molecule has 0 saturated heterocycles. The number of rotatable bonds is 2. The van der Waals surface area contributed by atoms with E-state index in [1.807, 2.05) is 12.1 Å². The lowest BCUT2D eigenvalue weighted by atomic mass is 10.0. The van der Waals surface area contributed by atoms with E-state index in [0.717, 1.165) is 11.1 Å². The minimum absolute atomic E-state index is 0.0301. The highest BCUT2D eigenvalue weighted by Crippen LogP contribution is 2.33. The third-order valence-electron chi connectivity index (χ3n) is 2.41. The van der Waals surface area contributed by atoms with Gasteiger partial charge in [0.2, 0.25) is 0 Å². The van der Waals surface area contributed by atoms with E-state index in [2.05, 4.69) is 4.98 Å². The Hall–Kier alpha value is -1.38. The van der Waals surface area contributed by atoms with Gasteiger partial charge in [0.25, 0.3) is 0 Å². The van der Waals surface area contributed by atoms with Crippen LogP contribution in [-0.4, -0.2) is 10.8 Å². The van der Waals surface area contributed by atoms with Crippen molar-refractivity contribution in [3.05, 3.63) is 52.3 Å². The number of Topliss-reactive ketones (excluding diaryl/α,β-unsaturated/α-hetero) is 1. The topological polar surface area (TPSA) is 30.0 Å². The largest absolute Gasteiger partial charge is 0.294 e. The molecule has 86 valence electrons. The molecule has 0 aliphatic heterocycles. The molecule has 0 N–H and O–H groups in total. The van der Waals surface area contributed by atoms with E-state index < -0.39 is 0 Å². The van der Waals surface area contributed by atoms with Gasteiger partial charge in [-0.15, -0.1) is 0 Å². The second-order valence-corrected chi connectivity index (χ2v) is 4.41. The maximum absolute atomic E-state index is 11.3. The van der Waals surface area contributed by atoms with Crippen molar-refractivity contribution in [2.24, 2.45) is 0 Å². The Morgan fingerprint density at radius 3 is 2.71 bits per heavy atom. The Kier molecular flexibility index (Phi) is 3.46. The van der Waals surface area contributed by atoms with Crippen LogP contribution in [0, 0.1) is 0 Å². The van der Waals surface area contributed by atoms with Gasteiger partial charge in [0.05, 0.1) is 10.0 Å². The summed E-state index contributed by atoms with van der Waals surface area (Å²) in [6, 6.07) is 7.13. The molecule has 0 fully saturated rings. The van der Waals surface area contributed by atoms with Gasteiger partial charge < -0.3 is 0 Å². The lowest BCUT2D eigenvalue weighted by Crippen LogP contribution is -1.94. The van der Waals surface area contributed by atoms with Gasteiger partial charge in [0, 0.05) is 29.1 Å². The summed E-state index contributed by atoms with van der Waals surface area (Å²) >= 11 is 12.1. The van der Waals surface area contributed by atoms with E-state index in [4.69, 9.17) is 23.2 Å². The minimum Gasteiger partial charge on any atom is -0.294 e. The van der Waals surface area contributed by atoms with Gasteiger partial charge in [-0.25, -0.2) is 0 Å². The molecule has 2 nitrogen and oxygen atoms in total. The Bertz CT molecular complexity index is 581. The van der Waals surface area contributed by atoms with Crippen molar-refractivity contribution in [2.45, 2.75) is 6.92 Å². The predicted molar refractivity (Wildman–Crippen MR) is 69.7 cm³/mol. The molecule has 0 amide bonds. The van der Waals surface area contributed by atoms with E-state index in [9.17, 15) is 4.79 Å². The Labute approximate surface area is 109 Å². The van der Waals surface area contributed by atoms with Gasteiger partial charge in [-0.05, 0) is 19.1 Å². The molecule has 0 saturated carbocycles. The maximum atomic E-state index is 11.3. The SMILES string of the molecule is CC(=O)c1cncc(-c2cccc(Cl)c2Cl)c1. The summed E-state index contributed by atoms with van der Waals surface area (Å²) in [6.07, 6.45) is 3.19. The Balaban J connectivity index is 2.57. The number of aromatic nitrogens is 1. The highest BCUT2D eigenvalue weighted by molar-refractivity contribution is 6.43. The van der Waals surface area contributed by atoms with Crippen molar-refractivity contribution in [3.8, 4) is 11.1 Å². The number of benzene rings is 1. The molecule has 2 aromatic rings. The van der Waals surface area contributed by atoms with Crippen molar-refractivity contribution in [2.75, 3.05) is 0 Å². The molecule has 4 heteroatoms. The number of pyridine rings is 1. The van der Waals surface area contributed by atoms with Crippen LogP contribution in [-0.2, 0) is 0 Å². The Morgan fingerprint density at radius 2 is 2.00 bits per heavy atom. The fourth-order valence-electron chi connectivity index (χ4n) is 1.51. The second-order valence-electron chi connectivity index (χ2n) is 3.62. The molecule has 17 heavy (non-hydrogen) atoms. The third kappa shape index (κ3) is 2.48. The third-order valence-corrected chi connectivity index (χ3v) is 3.23. The summed E-state index contributed by atoms with van der Waals surface area (Å²) in [6.45, 7) is 1.50. The molecule has 0 aliphatic rings. The average molecular weight is 266 g/mol. The van der Waals surface area contributed by atoms with Gasteiger partial charge in [0.1, 0.15) is 0 Å². The smallest absolute Gasteiger partial charge is 0.161 e. The number of ketones is 1. The number of hydrogen-bond acceptors (Lipinski definition) is 2. The summed E-state index contributed by atoms with van der Waals surface area (Å²) in [5, 5.41) is 0.953. The van der Waals surface area contributed by atoms with Crippen LogP contribution in [0.2, 0.25) is 10.0 Å². The molecule has 0 unspecified atom stereocenters. The summed E-state index contributed by atoms with van der Waals surface area (Å²) in [5.74, 6) is -0.0301. The molecule has 1 heterocycles. The molecular formula is C13H9Cl2NO. The van der Waals surface area contributed by atoms with Crippen LogP contribution in [0.25, 0.3) is 11.1 Å². The summed E-state index contributed by atoms with van der Waals surface area (Å²) < 4.78 is 0. The van der Waals surface area contributed by atoms with Crippen molar-refractivity contribution in [1.82, 2.24) is 4.98 Å². The number of hydrogen-bond donors (Lipinski definition) is 0. The molecule has 2 rings (SSSR count). The summed E-state index contributed by atoms with van der Waals surface area (Å²) in [5.41, 5.74) is 2.11. The lowest BCUT2D eigenvalue weighted by molar-refractivity contribution is 0.101. The second kappa shape index (κ2) is 4.86. The zero-order chi connectivity index (χ0) is 12.4. The van der Waals surface area contributed by atoms with Crippen LogP contribution in [0.3, 0.4) is 0 Å². The molecule has 1 aromatic carbocycles. The zero-order valence-corrected chi connectivity index (χ0v) is 10.6. The van der Waals surface area contributed by atoms with Crippen LogP contribution in [0.4, 0.5) is 0 Å². The number of carbonyl (C=O) groups excluding carboxylic acids is 1. The first kappa shape index (κ1) is 12.1. The molecule has 0 radical (unpaired) electrons. The number of carbonyl (C=O) groups is 1. The molecule has 1 aromatic heterocycles. The highest BCUT2D eigenvalue weighted by Gasteiger charge is 2.08. The fourth-order valence-corrected chi connectivity index (χ4v) is 1.92. The van der Waals surface area contributed by atoms with E-state index in [-0.39, 0.29) is 5.78 Å². The van der Waals surface area contributed by atoms with Crippen molar-refractivity contribution in [3.63, 3.8) is 0 Å². The van der Waals surface area contributed by atoms with E-state index >= 15 is 0 Å². The average Bonchev–Trinajstić information content (AvgIpc) is 2.33. The monoisotopic (exact) mass is 265 g/mol. The maximum Gasteiger partial charge on any atom is 0.161 e. The van der Waals surface area contributed by atoms with Crippen LogP contribution >= 0.6 is 23.2 Å². The van der Waals surface area contributed by atoms with Crippen LogP contribution in [0.5, 0.6) is 0 Å². The predicted octanol–water partition coefficient (Wildman–Crippen LogP) is 4.26. The first-order valence-electron chi connectivity index (χ1n) is 5.00. The molecule has 0 aliphatic carbocycles. The normalized spacial score (nSPS) is 10.3. The molecular weight excluding hydrogens is 257 g/mol. The minimum atomic E-state index is -0.0301. The first-order chi connectivity index (χ1) is 8.09. The van der Waals surface area contributed by atoms with Gasteiger partial charge in [-0.3, -0.25) is 9.78 Å². The van der Waals surface area contributed by atoms with Gasteiger partial charge in [-0.1, -0.05) is 35.3 Å².